The van der Waals surface area contributed by atoms with Crippen LogP contribution in [0.2, 0.25) is 0 Å². The number of aromatic nitrogens is 2. The van der Waals surface area contributed by atoms with Gasteiger partial charge in [-0.2, -0.15) is 0 Å². The third kappa shape index (κ3) is 5.90. The second-order valence-electron chi connectivity index (χ2n) is 12.8. The first-order chi connectivity index (χ1) is 25.4. The van der Waals surface area contributed by atoms with Gasteiger partial charge in [0.2, 0.25) is 0 Å². The van der Waals surface area contributed by atoms with Crippen LogP contribution in [-0.4, -0.2) is 42.2 Å². The summed E-state index contributed by atoms with van der Waals surface area (Å²) in [4.78, 5) is 40.1. The zero-order valence-corrected chi connectivity index (χ0v) is 28.2. The predicted octanol–water partition coefficient (Wildman–Crippen LogP) is 8.87. The molecule has 2 heterocycles. The lowest BCUT2D eigenvalue weighted by Gasteiger charge is -2.20. The minimum absolute atomic E-state index is 0.00264. The fourth-order valence-corrected chi connectivity index (χ4v) is 6.91. The summed E-state index contributed by atoms with van der Waals surface area (Å²) in [7, 11) is 0. The van der Waals surface area contributed by atoms with Crippen LogP contribution in [0, 0.1) is 60.4 Å². The normalized spacial score (nSPS) is 12.8. The number of aliphatic carboxylic acids is 1. The van der Waals surface area contributed by atoms with Gasteiger partial charge in [-0.3, -0.25) is 23.5 Å². The summed E-state index contributed by atoms with van der Waals surface area (Å²) < 4.78 is 119. The van der Waals surface area contributed by atoms with E-state index in [-0.39, 0.29) is 17.8 Å². The second kappa shape index (κ2) is 13.7. The molecule has 0 amide bonds. The Bertz CT molecular complexity index is 2600. The summed E-state index contributed by atoms with van der Waals surface area (Å²) in [6.07, 6.45) is -0.890. The van der Waals surface area contributed by atoms with Gasteiger partial charge < -0.3 is 15.3 Å². The van der Waals surface area contributed by atoms with Crippen molar-refractivity contribution in [1.29, 1.82) is 0 Å². The van der Waals surface area contributed by atoms with Crippen LogP contribution in [0.5, 0.6) is 11.5 Å². The molecule has 280 valence electrons. The van der Waals surface area contributed by atoms with Gasteiger partial charge in [0.25, 0.3) is 11.8 Å². The Morgan fingerprint density at radius 3 is 1.74 bits per heavy atom. The monoisotopic (exact) mass is 758 g/mol. The molecule has 6 aromatic rings. The minimum atomic E-state index is -1.79. The summed E-state index contributed by atoms with van der Waals surface area (Å²) >= 11 is 0. The molecule has 0 spiro atoms. The number of carbonyl (C=O) groups excluding carboxylic acids is 2. The number of rotatable bonds is 8. The molecular weight excluding hydrogens is 732 g/mol. The van der Waals surface area contributed by atoms with Crippen molar-refractivity contribution >= 4 is 39.6 Å². The van der Waals surface area contributed by atoms with Crippen LogP contribution in [0.25, 0.3) is 21.8 Å². The average Bonchev–Trinajstić information content (AvgIpc) is 3.61. The first-order valence-electron chi connectivity index (χ1n) is 16.0. The Balaban J connectivity index is 1.48. The molecule has 0 aliphatic heterocycles. The van der Waals surface area contributed by atoms with Crippen molar-refractivity contribution in [3.05, 3.63) is 129 Å². The van der Waals surface area contributed by atoms with E-state index in [1.807, 2.05) is 0 Å². The van der Waals surface area contributed by atoms with Crippen LogP contribution >= 0.6 is 0 Å². The molecule has 8 nitrogen and oxygen atoms in total. The van der Waals surface area contributed by atoms with E-state index in [9.17, 15) is 51.7 Å². The Morgan fingerprint density at radius 1 is 0.648 bits per heavy atom. The van der Waals surface area contributed by atoms with Gasteiger partial charge in [0.15, 0.2) is 58.0 Å². The largest absolute Gasteiger partial charge is 0.503 e. The van der Waals surface area contributed by atoms with E-state index in [1.54, 1.807) is 0 Å². The van der Waals surface area contributed by atoms with Crippen molar-refractivity contribution in [2.45, 2.75) is 45.4 Å². The number of carboxylic acid groups (broad SMARTS) is 1. The molecule has 4 aromatic carbocycles. The predicted molar refractivity (Wildman–Crippen MR) is 177 cm³/mol. The topological polar surface area (TPSA) is 122 Å². The number of halogens is 8. The minimum Gasteiger partial charge on any atom is -0.503 e. The highest BCUT2D eigenvalue weighted by molar-refractivity contribution is 6.06. The van der Waals surface area contributed by atoms with Crippen molar-refractivity contribution in [1.82, 2.24) is 9.13 Å². The van der Waals surface area contributed by atoms with E-state index in [1.165, 1.54) is 20.8 Å². The fourth-order valence-electron chi connectivity index (χ4n) is 6.91. The molecule has 6 rings (SSSR count). The Kier molecular flexibility index (Phi) is 9.50. The van der Waals surface area contributed by atoms with Gasteiger partial charge in [-0.05, 0) is 80.6 Å². The van der Waals surface area contributed by atoms with Crippen LogP contribution in [0.3, 0.4) is 0 Å². The van der Waals surface area contributed by atoms with Gasteiger partial charge in [-0.1, -0.05) is 6.92 Å². The third-order valence-electron chi connectivity index (χ3n) is 9.50. The number of benzene rings is 4. The van der Waals surface area contributed by atoms with Crippen molar-refractivity contribution in [2.75, 3.05) is 0 Å². The van der Waals surface area contributed by atoms with Crippen LogP contribution in [0.15, 0.2) is 48.5 Å². The first-order valence-corrected chi connectivity index (χ1v) is 16.0. The quantitative estimate of drug-likeness (QED) is 0.133. The summed E-state index contributed by atoms with van der Waals surface area (Å²) in [5.41, 5.74) is -3.07. The lowest BCUT2D eigenvalue weighted by molar-refractivity contribution is -0.139. The van der Waals surface area contributed by atoms with E-state index < -0.39 is 138 Å². The summed E-state index contributed by atoms with van der Waals surface area (Å²) in [5.74, 6) is -21.2. The summed E-state index contributed by atoms with van der Waals surface area (Å²) in [6.45, 7) is 3.84. The molecule has 2 atom stereocenters. The number of carboxylic acids is 1. The second-order valence-corrected chi connectivity index (χ2v) is 12.8. The van der Waals surface area contributed by atoms with E-state index in [0.29, 0.717) is 34.9 Å². The molecule has 0 bridgehead atoms. The number of hydrogen-bond acceptors (Lipinski definition) is 5. The lowest BCUT2D eigenvalue weighted by atomic mass is 9.86. The zero-order valence-electron chi connectivity index (χ0n) is 28.2. The van der Waals surface area contributed by atoms with Gasteiger partial charge in [0, 0.05) is 44.9 Å². The molecule has 0 radical (unpaired) electrons. The van der Waals surface area contributed by atoms with Gasteiger partial charge >= 0.3 is 5.97 Å². The van der Waals surface area contributed by atoms with Crippen molar-refractivity contribution in [2.24, 2.45) is 0 Å². The number of aryl methyl sites for hydroxylation is 1. The molecule has 0 aliphatic carbocycles. The molecule has 16 heteroatoms. The number of aromatic hydroxyl groups is 2. The highest BCUT2D eigenvalue weighted by Gasteiger charge is 2.35. The smallest absolute Gasteiger partial charge is 0.311 e. The van der Waals surface area contributed by atoms with Crippen molar-refractivity contribution in [3.8, 4) is 11.5 Å². The molecule has 3 N–H and O–H groups in total. The maximum Gasteiger partial charge on any atom is 0.311 e. The number of phenolic OH excluding ortho intramolecular Hbond substituents is 2. The van der Waals surface area contributed by atoms with Crippen LogP contribution in [0.4, 0.5) is 35.1 Å². The highest BCUT2D eigenvalue weighted by atomic mass is 19.2. The first kappa shape index (κ1) is 37.6. The lowest BCUT2D eigenvalue weighted by Crippen LogP contribution is -2.18. The maximum absolute atomic E-state index is 15.9. The van der Waals surface area contributed by atoms with Crippen LogP contribution in [0.1, 0.15) is 74.8 Å². The van der Waals surface area contributed by atoms with Gasteiger partial charge in [-0.25, -0.2) is 35.1 Å². The summed E-state index contributed by atoms with van der Waals surface area (Å²) in [5, 5.41) is 29.9. The third-order valence-corrected chi connectivity index (χ3v) is 9.50. The maximum atomic E-state index is 15.9. The SMILES string of the molecule is Cc1c(C(CCC(C)c2c(F)c(O)c(F)c3cc(C)n(C(=O)c4ccc(F)c(F)c4)c23)C(=O)O)c2c(F)c(O)c(F)cc2n1C(=O)c1ccc(F)c(F)c1. The van der Waals surface area contributed by atoms with Crippen LogP contribution in [-0.2, 0) is 4.79 Å². The van der Waals surface area contributed by atoms with E-state index in [4.69, 9.17) is 0 Å². The number of phenols is 2. The van der Waals surface area contributed by atoms with Gasteiger partial charge in [0.1, 0.15) is 0 Å². The Hall–Kier alpha value is -6.19. The molecule has 0 saturated heterocycles. The standard InChI is InChI=1S/C38H26F8N2O6/c1-14(27-31(45)35(50)30(44)20-10-15(2)47(33(20)27)36(51)17-5-8-21(39)23(41)11-17)4-7-19(38(53)54)28-16(3)48(26-13-25(43)34(49)32(46)29(26)28)37(52)18-6-9-22(40)24(42)12-18/h5-6,8-14,19,49-50H,4,7H2,1-3H3,(H,53,54). The Morgan fingerprint density at radius 2 is 1.20 bits per heavy atom. The van der Waals surface area contributed by atoms with Crippen molar-refractivity contribution in [3.63, 3.8) is 0 Å². The number of carbonyl (C=O) groups is 3. The van der Waals surface area contributed by atoms with Crippen LogP contribution < -0.4 is 0 Å². The van der Waals surface area contributed by atoms with E-state index in [0.717, 1.165) is 22.8 Å². The molecular formula is C38H26F8N2O6. The molecule has 0 fully saturated rings. The molecule has 2 aromatic heterocycles. The number of nitrogens with zero attached hydrogens (tertiary/aromatic N) is 2. The number of hydrogen-bond donors (Lipinski definition) is 3. The van der Waals surface area contributed by atoms with E-state index >= 15 is 13.2 Å². The molecule has 54 heavy (non-hydrogen) atoms. The van der Waals surface area contributed by atoms with Gasteiger partial charge in [-0.15, -0.1) is 0 Å². The molecule has 0 aliphatic rings. The zero-order chi connectivity index (χ0) is 39.7. The summed E-state index contributed by atoms with van der Waals surface area (Å²) in [6, 6.07) is 5.89. The molecule has 0 saturated carbocycles. The highest BCUT2D eigenvalue weighted by Crippen LogP contribution is 2.44. The Labute approximate surface area is 299 Å². The van der Waals surface area contributed by atoms with E-state index in [2.05, 4.69) is 0 Å². The molecule has 2 unspecified atom stereocenters. The number of fused-ring (bicyclic) bond motifs is 2. The fraction of sp³-hybridized carbons (Fsp3) is 0.184. The van der Waals surface area contributed by atoms with Crippen molar-refractivity contribution < 1.29 is 64.8 Å². The average molecular weight is 759 g/mol. The van der Waals surface area contributed by atoms with Gasteiger partial charge in [0.05, 0.1) is 17.0 Å².